The molecule has 0 aromatic heterocycles. The quantitative estimate of drug-likeness (QED) is 0.780. The van der Waals surface area contributed by atoms with Crippen LogP contribution in [0.1, 0.15) is 49.3 Å². The SMILES string of the molecule is CC(C)c1ccc(CCC(=O)N2CCCN(c3ccc(C#N)cc3)CC2)cc1. The Morgan fingerprint density at radius 2 is 1.71 bits per heavy atom. The lowest BCUT2D eigenvalue weighted by atomic mass is 10.0. The molecule has 28 heavy (non-hydrogen) atoms. The number of hydrogen-bond acceptors (Lipinski definition) is 3. The molecule has 0 atom stereocenters. The van der Waals surface area contributed by atoms with E-state index in [0.717, 1.165) is 44.7 Å². The van der Waals surface area contributed by atoms with Crippen LogP contribution in [0.15, 0.2) is 48.5 Å². The van der Waals surface area contributed by atoms with E-state index in [-0.39, 0.29) is 5.91 Å². The molecule has 0 radical (unpaired) electrons. The van der Waals surface area contributed by atoms with Crippen LogP contribution in [0.3, 0.4) is 0 Å². The van der Waals surface area contributed by atoms with Gasteiger partial charge >= 0.3 is 0 Å². The molecule has 1 aliphatic rings. The molecule has 0 saturated carbocycles. The second-order valence-corrected chi connectivity index (χ2v) is 7.78. The molecule has 0 spiro atoms. The van der Waals surface area contributed by atoms with Crippen LogP contribution in [0.25, 0.3) is 0 Å². The van der Waals surface area contributed by atoms with Gasteiger partial charge < -0.3 is 9.80 Å². The van der Waals surface area contributed by atoms with Gasteiger partial charge in [-0.15, -0.1) is 0 Å². The lowest BCUT2D eigenvalue weighted by molar-refractivity contribution is -0.130. The third-order valence-corrected chi connectivity index (χ3v) is 5.48. The molecule has 0 bridgehead atoms. The normalized spacial score (nSPS) is 14.6. The molecule has 146 valence electrons. The summed E-state index contributed by atoms with van der Waals surface area (Å²) in [4.78, 5) is 17.0. The molecular formula is C24H29N3O. The van der Waals surface area contributed by atoms with E-state index in [0.29, 0.717) is 17.9 Å². The van der Waals surface area contributed by atoms with Crippen LogP contribution in [-0.4, -0.2) is 37.0 Å². The Hall–Kier alpha value is -2.80. The summed E-state index contributed by atoms with van der Waals surface area (Å²) in [5, 5.41) is 8.94. The molecule has 1 saturated heterocycles. The highest BCUT2D eigenvalue weighted by atomic mass is 16.2. The Bertz CT molecular complexity index is 818. The Morgan fingerprint density at radius 3 is 2.36 bits per heavy atom. The van der Waals surface area contributed by atoms with E-state index in [4.69, 9.17) is 5.26 Å². The first kappa shape index (κ1) is 19.9. The van der Waals surface area contributed by atoms with Crippen LogP contribution >= 0.6 is 0 Å². The molecule has 0 N–H and O–H groups in total. The summed E-state index contributed by atoms with van der Waals surface area (Å²) in [7, 11) is 0. The van der Waals surface area contributed by atoms with Crippen molar-refractivity contribution in [2.24, 2.45) is 0 Å². The Balaban J connectivity index is 1.51. The summed E-state index contributed by atoms with van der Waals surface area (Å²) in [6, 6.07) is 18.5. The largest absolute Gasteiger partial charge is 0.370 e. The number of anilines is 1. The van der Waals surface area contributed by atoms with Crippen LogP contribution in [0, 0.1) is 11.3 Å². The predicted molar refractivity (Wildman–Crippen MR) is 113 cm³/mol. The molecular weight excluding hydrogens is 346 g/mol. The van der Waals surface area contributed by atoms with E-state index < -0.39 is 0 Å². The first-order chi connectivity index (χ1) is 13.6. The number of carbonyl (C=O) groups excluding carboxylic acids is 1. The third-order valence-electron chi connectivity index (χ3n) is 5.48. The average molecular weight is 376 g/mol. The monoisotopic (exact) mass is 375 g/mol. The molecule has 3 rings (SSSR count). The van der Waals surface area contributed by atoms with Crippen molar-refractivity contribution in [3.8, 4) is 6.07 Å². The molecule has 1 amide bonds. The number of nitrogens with zero attached hydrogens (tertiary/aromatic N) is 3. The minimum atomic E-state index is 0.245. The van der Waals surface area contributed by atoms with Crippen molar-refractivity contribution in [1.29, 1.82) is 5.26 Å². The minimum absolute atomic E-state index is 0.245. The zero-order valence-electron chi connectivity index (χ0n) is 16.9. The molecule has 1 fully saturated rings. The molecule has 1 aliphatic heterocycles. The fraction of sp³-hybridized carbons (Fsp3) is 0.417. The van der Waals surface area contributed by atoms with Gasteiger partial charge in [-0.3, -0.25) is 4.79 Å². The third kappa shape index (κ3) is 5.13. The van der Waals surface area contributed by atoms with Crippen LogP contribution in [0.2, 0.25) is 0 Å². The van der Waals surface area contributed by atoms with Crippen molar-refractivity contribution >= 4 is 11.6 Å². The van der Waals surface area contributed by atoms with Crippen LogP contribution in [0.5, 0.6) is 0 Å². The van der Waals surface area contributed by atoms with Crippen molar-refractivity contribution in [3.63, 3.8) is 0 Å². The topological polar surface area (TPSA) is 47.3 Å². The molecule has 2 aromatic rings. The minimum Gasteiger partial charge on any atom is -0.370 e. The zero-order chi connectivity index (χ0) is 19.9. The molecule has 0 unspecified atom stereocenters. The number of aryl methyl sites for hydroxylation is 1. The first-order valence-electron chi connectivity index (χ1n) is 10.2. The zero-order valence-corrected chi connectivity index (χ0v) is 16.9. The van der Waals surface area contributed by atoms with E-state index in [2.05, 4.69) is 49.1 Å². The van der Waals surface area contributed by atoms with E-state index in [1.165, 1.54) is 11.1 Å². The molecule has 4 nitrogen and oxygen atoms in total. The number of amides is 1. The maximum Gasteiger partial charge on any atom is 0.222 e. The number of hydrogen-bond donors (Lipinski definition) is 0. The number of nitriles is 1. The highest BCUT2D eigenvalue weighted by molar-refractivity contribution is 5.76. The van der Waals surface area contributed by atoms with E-state index in [1.807, 2.05) is 29.2 Å². The molecule has 0 aliphatic carbocycles. The van der Waals surface area contributed by atoms with Gasteiger partial charge in [-0.2, -0.15) is 5.26 Å². The van der Waals surface area contributed by atoms with Gasteiger partial charge in [0.2, 0.25) is 5.91 Å². The van der Waals surface area contributed by atoms with Gasteiger partial charge in [0.25, 0.3) is 0 Å². The Kier molecular flexibility index (Phi) is 6.71. The first-order valence-corrected chi connectivity index (χ1v) is 10.2. The second-order valence-electron chi connectivity index (χ2n) is 7.78. The summed E-state index contributed by atoms with van der Waals surface area (Å²) in [6.07, 6.45) is 2.33. The number of carbonyl (C=O) groups is 1. The van der Waals surface area contributed by atoms with Gasteiger partial charge in [0.05, 0.1) is 11.6 Å². The smallest absolute Gasteiger partial charge is 0.222 e. The summed E-state index contributed by atoms with van der Waals surface area (Å²) < 4.78 is 0. The van der Waals surface area contributed by atoms with Crippen LogP contribution < -0.4 is 4.90 Å². The van der Waals surface area contributed by atoms with Crippen molar-refractivity contribution < 1.29 is 4.79 Å². The van der Waals surface area contributed by atoms with E-state index >= 15 is 0 Å². The van der Waals surface area contributed by atoms with Gasteiger partial charge in [-0.25, -0.2) is 0 Å². The molecule has 4 heteroatoms. The highest BCUT2D eigenvalue weighted by Crippen LogP contribution is 2.19. The average Bonchev–Trinajstić information content (AvgIpc) is 2.99. The molecule has 2 aromatic carbocycles. The van der Waals surface area contributed by atoms with Gasteiger partial charge in [-0.05, 0) is 54.2 Å². The van der Waals surface area contributed by atoms with Crippen molar-refractivity contribution in [2.75, 3.05) is 31.1 Å². The Labute approximate surface area is 168 Å². The lowest BCUT2D eigenvalue weighted by Crippen LogP contribution is -2.35. The van der Waals surface area contributed by atoms with E-state index in [1.54, 1.807) is 0 Å². The maximum atomic E-state index is 12.7. The summed E-state index contributed by atoms with van der Waals surface area (Å²) in [5.74, 6) is 0.779. The van der Waals surface area contributed by atoms with Crippen molar-refractivity contribution in [3.05, 3.63) is 65.2 Å². The number of benzene rings is 2. The standard InChI is InChI=1S/C24H29N3O/c1-19(2)22-9-4-20(5-10-22)8-13-24(28)27-15-3-14-26(16-17-27)23-11-6-21(18-25)7-12-23/h4-7,9-12,19H,3,8,13-17H2,1-2H3. The highest BCUT2D eigenvalue weighted by Gasteiger charge is 2.19. The number of rotatable bonds is 5. The Morgan fingerprint density at radius 1 is 1.00 bits per heavy atom. The van der Waals surface area contributed by atoms with Gasteiger partial charge in [0.15, 0.2) is 0 Å². The van der Waals surface area contributed by atoms with Crippen molar-refractivity contribution in [2.45, 2.75) is 39.0 Å². The fourth-order valence-electron chi connectivity index (χ4n) is 3.65. The summed E-state index contributed by atoms with van der Waals surface area (Å²) in [6.45, 7) is 7.73. The van der Waals surface area contributed by atoms with Gasteiger partial charge in [0.1, 0.15) is 0 Å². The fourth-order valence-corrected chi connectivity index (χ4v) is 3.65. The van der Waals surface area contributed by atoms with Crippen molar-refractivity contribution in [1.82, 2.24) is 4.90 Å². The van der Waals surface area contributed by atoms with E-state index in [9.17, 15) is 4.79 Å². The summed E-state index contributed by atoms with van der Waals surface area (Å²) in [5.41, 5.74) is 4.37. The van der Waals surface area contributed by atoms with Crippen LogP contribution in [-0.2, 0) is 11.2 Å². The predicted octanol–water partition coefficient (Wildman–Crippen LogP) is 4.35. The van der Waals surface area contributed by atoms with Crippen LogP contribution in [0.4, 0.5) is 5.69 Å². The second kappa shape index (κ2) is 9.41. The lowest BCUT2D eigenvalue weighted by Gasteiger charge is -2.24. The maximum absolute atomic E-state index is 12.7. The molecule has 1 heterocycles. The van der Waals surface area contributed by atoms with Gasteiger partial charge in [-0.1, -0.05) is 38.1 Å². The summed E-state index contributed by atoms with van der Waals surface area (Å²) >= 11 is 0. The van der Waals surface area contributed by atoms with Gasteiger partial charge in [0, 0.05) is 38.3 Å².